The third-order valence-corrected chi connectivity index (χ3v) is 3.92. The average molecular weight is 332 g/mol. The van der Waals surface area contributed by atoms with Gasteiger partial charge in [-0.3, -0.25) is 4.79 Å². The van der Waals surface area contributed by atoms with Crippen LogP contribution >= 0.6 is 15.9 Å². The lowest BCUT2D eigenvalue weighted by molar-refractivity contribution is -0.116. The van der Waals surface area contributed by atoms with Crippen molar-refractivity contribution in [2.75, 3.05) is 5.32 Å². The lowest BCUT2D eigenvalue weighted by atomic mass is 10.0. The number of alkyl halides is 1. The maximum Gasteiger partial charge on any atom is 0.224 e. The van der Waals surface area contributed by atoms with Crippen molar-refractivity contribution < 1.29 is 4.79 Å². The van der Waals surface area contributed by atoms with Crippen LogP contribution in [-0.4, -0.2) is 5.91 Å². The topological polar surface area (TPSA) is 29.1 Å². The van der Waals surface area contributed by atoms with Gasteiger partial charge in [0.25, 0.3) is 0 Å². The summed E-state index contributed by atoms with van der Waals surface area (Å²) < 4.78 is 0. The van der Waals surface area contributed by atoms with Crippen LogP contribution in [0.1, 0.15) is 23.1 Å². The zero-order chi connectivity index (χ0) is 14.4. The fourth-order valence-corrected chi connectivity index (χ4v) is 2.41. The predicted octanol–water partition coefficient (Wildman–Crippen LogP) is 4.46. The molecule has 2 nitrogen and oxygen atoms in total. The van der Waals surface area contributed by atoms with E-state index in [0.717, 1.165) is 17.4 Å². The van der Waals surface area contributed by atoms with Crippen LogP contribution < -0.4 is 5.32 Å². The van der Waals surface area contributed by atoms with Crippen molar-refractivity contribution in [2.45, 2.75) is 25.1 Å². The van der Waals surface area contributed by atoms with Gasteiger partial charge in [-0.1, -0.05) is 52.3 Å². The van der Waals surface area contributed by atoms with Gasteiger partial charge in [-0.2, -0.15) is 0 Å². The first-order valence-electron chi connectivity index (χ1n) is 6.68. The molecule has 0 saturated heterocycles. The van der Waals surface area contributed by atoms with Gasteiger partial charge in [0, 0.05) is 17.4 Å². The molecule has 0 unspecified atom stereocenters. The second kappa shape index (κ2) is 7.25. The molecule has 0 aliphatic carbocycles. The van der Waals surface area contributed by atoms with Gasteiger partial charge in [0.1, 0.15) is 0 Å². The summed E-state index contributed by atoms with van der Waals surface area (Å²) in [6, 6.07) is 16.1. The van der Waals surface area contributed by atoms with Crippen molar-refractivity contribution in [1.82, 2.24) is 0 Å². The third kappa shape index (κ3) is 4.20. The van der Waals surface area contributed by atoms with E-state index in [9.17, 15) is 4.79 Å². The van der Waals surface area contributed by atoms with E-state index in [-0.39, 0.29) is 5.91 Å². The monoisotopic (exact) mass is 331 g/mol. The van der Waals surface area contributed by atoms with E-state index >= 15 is 0 Å². The average Bonchev–Trinajstić information content (AvgIpc) is 2.47. The number of rotatable bonds is 5. The van der Waals surface area contributed by atoms with Crippen LogP contribution in [0.4, 0.5) is 5.69 Å². The molecule has 2 aromatic carbocycles. The Bertz CT molecular complexity index is 578. The number of hydrogen-bond donors (Lipinski definition) is 1. The molecule has 0 aliphatic rings. The molecule has 0 saturated carbocycles. The van der Waals surface area contributed by atoms with Crippen LogP contribution in [0.25, 0.3) is 0 Å². The number of carbonyl (C=O) groups is 1. The zero-order valence-corrected chi connectivity index (χ0v) is 13.1. The fourth-order valence-electron chi connectivity index (χ4n) is 2.04. The molecular weight excluding hydrogens is 314 g/mol. The molecule has 0 heterocycles. The van der Waals surface area contributed by atoms with E-state index < -0.39 is 0 Å². The standard InChI is InChI=1S/C17H18BrNO/c1-13-4-2-3-5-15(13)8-11-17(20)19-16-9-6-14(12-18)7-10-16/h2-7,9-10H,8,11-12H2,1H3,(H,19,20). The first-order valence-corrected chi connectivity index (χ1v) is 7.80. The summed E-state index contributed by atoms with van der Waals surface area (Å²) in [6.45, 7) is 2.08. The van der Waals surface area contributed by atoms with E-state index in [1.165, 1.54) is 16.7 Å². The molecular formula is C17H18BrNO. The molecule has 0 atom stereocenters. The maximum atomic E-state index is 11.9. The fraction of sp³-hybridized carbons (Fsp3) is 0.235. The predicted molar refractivity (Wildman–Crippen MR) is 87.2 cm³/mol. The van der Waals surface area contributed by atoms with E-state index in [2.05, 4.69) is 40.3 Å². The van der Waals surface area contributed by atoms with Crippen molar-refractivity contribution in [2.24, 2.45) is 0 Å². The summed E-state index contributed by atoms with van der Waals surface area (Å²) in [5.74, 6) is 0.0554. The van der Waals surface area contributed by atoms with Crippen LogP contribution in [0.3, 0.4) is 0 Å². The quantitative estimate of drug-likeness (QED) is 0.805. The smallest absolute Gasteiger partial charge is 0.224 e. The summed E-state index contributed by atoms with van der Waals surface area (Å²) >= 11 is 3.40. The first-order chi connectivity index (χ1) is 9.69. The normalized spacial score (nSPS) is 10.3. The summed E-state index contributed by atoms with van der Waals surface area (Å²) in [5, 5.41) is 3.76. The molecule has 2 aromatic rings. The SMILES string of the molecule is Cc1ccccc1CCC(=O)Nc1ccc(CBr)cc1. The maximum absolute atomic E-state index is 11.9. The van der Waals surface area contributed by atoms with Crippen LogP contribution in [0, 0.1) is 6.92 Å². The Morgan fingerprint density at radius 2 is 1.80 bits per heavy atom. The molecule has 2 rings (SSSR count). The zero-order valence-electron chi connectivity index (χ0n) is 11.5. The van der Waals surface area contributed by atoms with Crippen molar-refractivity contribution >= 4 is 27.5 Å². The van der Waals surface area contributed by atoms with Crippen molar-refractivity contribution in [1.29, 1.82) is 0 Å². The molecule has 1 amide bonds. The Hall–Kier alpha value is -1.61. The highest BCUT2D eigenvalue weighted by Crippen LogP contribution is 2.13. The number of carbonyl (C=O) groups excluding carboxylic acids is 1. The lowest BCUT2D eigenvalue weighted by Gasteiger charge is -2.07. The van der Waals surface area contributed by atoms with Crippen LogP contribution in [0.5, 0.6) is 0 Å². The first kappa shape index (κ1) is 14.8. The van der Waals surface area contributed by atoms with Gasteiger partial charge in [-0.05, 0) is 42.2 Å². The minimum atomic E-state index is 0.0554. The Kier molecular flexibility index (Phi) is 5.36. The third-order valence-electron chi connectivity index (χ3n) is 3.27. The summed E-state index contributed by atoms with van der Waals surface area (Å²) in [6.07, 6.45) is 1.28. The van der Waals surface area contributed by atoms with Crippen molar-refractivity contribution in [3.05, 3.63) is 65.2 Å². The largest absolute Gasteiger partial charge is 0.326 e. The Labute approximate surface area is 128 Å². The van der Waals surface area contributed by atoms with E-state index in [1.807, 2.05) is 36.4 Å². The molecule has 0 bridgehead atoms. The number of aryl methyl sites for hydroxylation is 2. The number of hydrogen-bond acceptors (Lipinski definition) is 1. The molecule has 1 N–H and O–H groups in total. The second-order valence-electron chi connectivity index (χ2n) is 4.81. The summed E-state index contributed by atoms with van der Waals surface area (Å²) in [4.78, 5) is 11.9. The molecule has 3 heteroatoms. The van der Waals surface area contributed by atoms with Gasteiger partial charge in [-0.15, -0.1) is 0 Å². The number of halogens is 1. The highest BCUT2D eigenvalue weighted by molar-refractivity contribution is 9.08. The minimum absolute atomic E-state index is 0.0554. The van der Waals surface area contributed by atoms with Gasteiger partial charge >= 0.3 is 0 Å². The van der Waals surface area contributed by atoms with E-state index in [0.29, 0.717) is 6.42 Å². The lowest BCUT2D eigenvalue weighted by Crippen LogP contribution is -2.12. The highest BCUT2D eigenvalue weighted by Gasteiger charge is 2.04. The Morgan fingerprint density at radius 3 is 2.45 bits per heavy atom. The number of nitrogens with one attached hydrogen (secondary N) is 1. The van der Waals surface area contributed by atoms with Gasteiger partial charge in [0.2, 0.25) is 5.91 Å². The van der Waals surface area contributed by atoms with E-state index in [4.69, 9.17) is 0 Å². The molecule has 0 fully saturated rings. The van der Waals surface area contributed by atoms with Gasteiger partial charge in [0.15, 0.2) is 0 Å². The van der Waals surface area contributed by atoms with Crippen LogP contribution in [0.2, 0.25) is 0 Å². The summed E-state index contributed by atoms with van der Waals surface area (Å²) in [5.41, 5.74) is 4.52. The highest BCUT2D eigenvalue weighted by atomic mass is 79.9. The van der Waals surface area contributed by atoms with E-state index in [1.54, 1.807) is 0 Å². The molecule has 20 heavy (non-hydrogen) atoms. The molecule has 0 aliphatic heterocycles. The number of benzene rings is 2. The van der Waals surface area contributed by atoms with Crippen LogP contribution in [0.15, 0.2) is 48.5 Å². The summed E-state index contributed by atoms with van der Waals surface area (Å²) in [7, 11) is 0. The number of amides is 1. The minimum Gasteiger partial charge on any atom is -0.326 e. The van der Waals surface area contributed by atoms with Gasteiger partial charge < -0.3 is 5.32 Å². The molecule has 0 aromatic heterocycles. The van der Waals surface area contributed by atoms with Crippen molar-refractivity contribution in [3.8, 4) is 0 Å². The Morgan fingerprint density at radius 1 is 1.10 bits per heavy atom. The van der Waals surface area contributed by atoms with Gasteiger partial charge in [0.05, 0.1) is 0 Å². The molecule has 104 valence electrons. The van der Waals surface area contributed by atoms with Gasteiger partial charge in [-0.25, -0.2) is 0 Å². The van der Waals surface area contributed by atoms with Crippen molar-refractivity contribution in [3.63, 3.8) is 0 Å². The second-order valence-corrected chi connectivity index (χ2v) is 5.37. The molecule has 0 spiro atoms. The van der Waals surface area contributed by atoms with Crippen LogP contribution in [-0.2, 0) is 16.5 Å². The molecule has 0 radical (unpaired) electrons. The Balaban J connectivity index is 1.87. The number of anilines is 1.